The number of aromatic nitrogens is 2. The van der Waals surface area contributed by atoms with Crippen molar-refractivity contribution >= 4 is 33.8 Å². The molecule has 0 fully saturated rings. The van der Waals surface area contributed by atoms with Crippen molar-refractivity contribution < 1.29 is 27.5 Å². The van der Waals surface area contributed by atoms with Crippen LogP contribution in [0.1, 0.15) is 47.2 Å². The van der Waals surface area contributed by atoms with E-state index in [0.717, 1.165) is 18.4 Å². The maximum absolute atomic E-state index is 13.2. The van der Waals surface area contributed by atoms with E-state index in [4.69, 9.17) is 0 Å². The summed E-state index contributed by atoms with van der Waals surface area (Å²) in [4.78, 5) is 29.0. The van der Waals surface area contributed by atoms with Gasteiger partial charge in [-0.3, -0.25) is 0 Å². The quantitative estimate of drug-likeness (QED) is 0.176. The number of hydrogen-bond donors (Lipinski definition) is 3. The summed E-state index contributed by atoms with van der Waals surface area (Å²) < 4.78 is 43.2. The van der Waals surface area contributed by atoms with E-state index in [1.54, 1.807) is 41.2 Å². The Kier molecular flexibility index (Phi) is 10.0. The van der Waals surface area contributed by atoms with Crippen molar-refractivity contribution in [3.63, 3.8) is 0 Å². The third-order valence-electron chi connectivity index (χ3n) is 6.54. The number of urea groups is 1. The van der Waals surface area contributed by atoms with E-state index < -0.39 is 27.8 Å². The van der Waals surface area contributed by atoms with Gasteiger partial charge in [0.05, 0.1) is 4.90 Å². The number of hydrogen-bond acceptors (Lipinski definition) is 6. The zero-order valence-corrected chi connectivity index (χ0v) is 24.8. The smallest absolute Gasteiger partial charge is 0.355 e. The number of rotatable bonds is 12. The molecule has 0 atom stereocenters. The first kappa shape index (κ1) is 30.8. The van der Waals surface area contributed by atoms with Crippen molar-refractivity contribution in [2.45, 2.75) is 49.2 Å². The second-order valence-electron chi connectivity index (χ2n) is 9.49. The van der Waals surface area contributed by atoms with Crippen LogP contribution in [0.3, 0.4) is 0 Å². The molecule has 1 aromatic heterocycles. The number of sulfonamides is 1. The second kappa shape index (κ2) is 13.7. The molecule has 0 unspecified atom stereocenters. The molecule has 2 amide bonds. The van der Waals surface area contributed by atoms with Crippen LogP contribution in [-0.4, -0.2) is 41.3 Å². The minimum atomic E-state index is -4.24. The Morgan fingerprint density at radius 3 is 2.31 bits per heavy atom. The van der Waals surface area contributed by atoms with Crippen molar-refractivity contribution in [3.8, 4) is 11.1 Å². The van der Waals surface area contributed by atoms with Gasteiger partial charge in [-0.15, -0.1) is 11.8 Å². The summed E-state index contributed by atoms with van der Waals surface area (Å²) >= 11 is 1.30. The van der Waals surface area contributed by atoms with Crippen molar-refractivity contribution in [2.24, 2.45) is 0 Å². The Labute approximate surface area is 248 Å². The van der Waals surface area contributed by atoms with Crippen molar-refractivity contribution in [3.05, 3.63) is 101 Å². The van der Waals surface area contributed by atoms with E-state index in [9.17, 15) is 27.5 Å². The number of amides is 2. The van der Waals surface area contributed by atoms with E-state index in [2.05, 4.69) is 17.2 Å². The van der Waals surface area contributed by atoms with Crippen molar-refractivity contribution in [1.29, 1.82) is 0 Å². The molecule has 0 aliphatic carbocycles. The summed E-state index contributed by atoms with van der Waals surface area (Å²) in [6, 6.07) is 18.0. The van der Waals surface area contributed by atoms with Crippen LogP contribution >= 0.6 is 11.8 Å². The molecule has 1 heterocycles. The first-order valence-electron chi connectivity index (χ1n) is 13.2. The summed E-state index contributed by atoms with van der Waals surface area (Å²) in [5.74, 6) is -0.744. The molecule has 220 valence electrons. The third kappa shape index (κ3) is 7.37. The zero-order chi connectivity index (χ0) is 30.3. The predicted molar refractivity (Wildman–Crippen MR) is 160 cm³/mol. The van der Waals surface area contributed by atoms with Crippen molar-refractivity contribution in [2.75, 3.05) is 6.26 Å². The molecule has 0 radical (unpaired) electrons. The van der Waals surface area contributed by atoms with Gasteiger partial charge in [-0.25, -0.2) is 32.1 Å². The largest absolute Gasteiger partial charge is 0.476 e. The molecular weight excluding hydrogens is 579 g/mol. The molecule has 3 N–H and O–H groups in total. The fourth-order valence-electron chi connectivity index (χ4n) is 4.43. The molecular formula is C30H31FN4O5S2. The summed E-state index contributed by atoms with van der Waals surface area (Å²) in [5.41, 5.74) is 2.58. The van der Waals surface area contributed by atoms with Gasteiger partial charge in [0.15, 0.2) is 5.69 Å². The van der Waals surface area contributed by atoms with Crippen LogP contribution in [0.15, 0.2) is 82.7 Å². The molecule has 0 bridgehead atoms. The molecule has 0 saturated carbocycles. The zero-order valence-electron chi connectivity index (χ0n) is 23.1. The summed E-state index contributed by atoms with van der Waals surface area (Å²) in [6.45, 7) is 2.38. The highest BCUT2D eigenvalue weighted by molar-refractivity contribution is 7.98. The molecule has 0 saturated heterocycles. The molecule has 12 heteroatoms. The van der Waals surface area contributed by atoms with Gasteiger partial charge in [0.1, 0.15) is 16.7 Å². The topological polar surface area (TPSA) is 130 Å². The van der Waals surface area contributed by atoms with E-state index in [-0.39, 0.29) is 17.1 Å². The molecule has 9 nitrogen and oxygen atoms in total. The normalized spacial score (nSPS) is 11.3. The van der Waals surface area contributed by atoms with Gasteiger partial charge in [0.2, 0.25) is 0 Å². The predicted octanol–water partition coefficient (Wildman–Crippen LogP) is 5.69. The Balaban J connectivity index is 1.54. The number of halogens is 1. The Bertz CT molecular complexity index is 1670. The first-order valence-corrected chi connectivity index (χ1v) is 15.9. The maximum atomic E-state index is 13.2. The van der Waals surface area contributed by atoms with Gasteiger partial charge in [-0.1, -0.05) is 67.9 Å². The van der Waals surface area contributed by atoms with Gasteiger partial charge in [-0.05, 0) is 47.6 Å². The lowest BCUT2D eigenvalue weighted by Crippen LogP contribution is -2.39. The lowest BCUT2D eigenvalue weighted by molar-refractivity contribution is 0.0681. The lowest BCUT2D eigenvalue weighted by Gasteiger charge is -2.14. The SMILES string of the molecule is CCCCc1nc(SC)c(C(=O)O)n1Cc1ccc(-c2ccccc2S(=O)(=O)NC(=O)NCc2ccc(F)cc2)cc1. The lowest BCUT2D eigenvalue weighted by atomic mass is 10.0. The minimum Gasteiger partial charge on any atom is -0.476 e. The number of unbranched alkanes of at least 4 members (excludes halogenated alkanes) is 1. The average molecular weight is 611 g/mol. The molecule has 4 rings (SSSR count). The van der Waals surface area contributed by atoms with Gasteiger partial charge in [0, 0.05) is 25.1 Å². The number of thioether (sulfide) groups is 1. The number of nitrogens with zero attached hydrogens (tertiary/aromatic N) is 2. The molecule has 3 aromatic carbocycles. The number of carbonyl (C=O) groups excluding carboxylic acids is 1. The average Bonchev–Trinajstić information content (AvgIpc) is 3.33. The van der Waals surface area contributed by atoms with Crippen LogP contribution < -0.4 is 10.0 Å². The number of carboxylic acid groups (broad SMARTS) is 1. The van der Waals surface area contributed by atoms with Gasteiger partial charge in [0.25, 0.3) is 10.0 Å². The number of aromatic carboxylic acids is 1. The van der Waals surface area contributed by atoms with E-state index in [1.165, 1.54) is 42.1 Å². The number of carboxylic acids is 1. The Morgan fingerprint density at radius 1 is 1.00 bits per heavy atom. The number of carbonyl (C=O) groups is 2. The number of aryl methyl sites for hydroxylation is 1. The van der Waals surface area contributed by atoms with E-state index in [1.807, 2.05) is 16.9 Å². The highest BCUT2D eigenvalue weighted by Crippen LogP contribution is 2.29. The minimum absolute atomic E-state index is 0.0177. The van der Waals surface area contributed by atoms with E-state index in [0.29, 0.717) is 40.5 Å². The highest BCUT2D eigenvalue weighted by atomic mass is 32.2. The Morgan fingerprint density at radius 2 is 1.67 bits per heavy atom. The fourth-order valence-corrected chi connectivity index (χ4v) is 6.18. The van der Waals surface area contributed by atoms with Crippen LogP contribution in [-0.2, 0) is 29.5 Å². The van der Waals surface area contributed by atoms with Crippen LogP contribution in [0.2, 0.25) is 0 Å². The first-order chi connectivity index (χ1) is 20.1. The van der Waals surface area contributed by atoms with Crippen LogP contribution in [0.25, 0.3) is 11.1 Å². The summed E-state index contributed by atoms with van der Waals surface area (Å²) in [5, 5.41) is 12.8. The van der Waals surface area contributed by atoms with Crippen LogP contribution in [0.5, 0.6) is 0 Å². The maximum Gasteiger partial charge on any atom is 0.355 e. The number of benzene rings is 3. The standard InChI is InChI=1S/C30H31FN4O5S2/c1-3-4-9-26-33-28(41-2)27(29(36)37)35(26)19-21-10-14-22(15-11-21)24-7-5-6-8-25(24)42(39,40)34-30(38)32-18-20-12-16-23(31)17-13-20/h5-8,10-17H,3-4,9,18-19H2,1-2H3,(H,36,37)(H2,32,34,38). The van der Waals surface area contributed by atoms with Crippen LogP contribution in [0.4, 0.5) is 9.18 Å². The monoisotopic (exact) mass is 610 g/mol. The molecule has 0 spiro atoms. The fraction of sp³-hybridized carbons (Fsp3) is 0.233. The molecule has 0 aliphatic rings. The highest BCUT2D eigenvalue weighted by Gasteiger charge is 2.23. The van der Waals surface area contributed by atoms with Gasteiger partial charge in [-0.2, -0.15) is 0 Å². The van der Waals surface area contributed by atoms with Crippen LogP contribution in [0, 0.1) is 5.82 Å². The second-order valence-corrected chi connectivity index (χ2v) is 11.9. The molecule has 42 heavy (non-hydrogen) atoms. The number of nitrogens with one attached hydrogen (secondary N) is 2. The van der Waals surface area contributed by atoms with Crippen molar-refractivity contribution in [1.82, 2.24) is 19.6 Å². The van der Waals surface area contributed by atoms with E-state index >= 15 is 0 Å². The van der Waals surface area contributed by atoms with Gasteiger partial charge >= 0.3 is 12.0 Å². The third-order valence-corrected chi connectivity index (χ3v) is 8.60. The number of imidazole rings is 1. The summed E-state index contributed by atoms with van der Waals surface area (Å²) in [6.07, 6.45) is 4.29. The Hall–Kier alpha value is -4.16. The molecule has 4 aromatic rings. The molecule has 0 aliphatic heterocycles. The summed E-state index contributed by atoms with van der Waals surface area (Å²) in [7, 11) is -4.24. The van der Waals surface area contributed by atoms with Gasteiger partial charge < -0.3 is 15.0 Å².